The van der Waals surface area contributed by atoms with Crippen molar-refractivity contribution >= 4 is 11.8 Å². The van der Waals surface area contributed by atoms with Gasteiger partial charge in [-0.3, -0.25) is 9.59 Å². The maximum absolute atomic E-state index is 12.5. The summed E-state index contributed by atoms with van der Waals surface area (Å²) in [5, 5.41) is 2.92. The van der Waals surface area contributed by atoms with Crippen molar-refractivity contribution in [1.29, 1.82) is 0 Å². The summed E-state index contributed by atoms with van der Waals surface area (Å²) in [5.74, 6) is -0.145. The Labute approximate surface area is 126 Å². The normalized spacial score (nSPS) is 15.4. The van der Waals surface area contributed by atoms with E-state index >= 15 is 0 Å². The highest BCUT2D eigenvalue weighted by molar-refractivity contribution is 6.07. The summed E-state index contributed by atoms with van der Waals surface area (Å²) in [6, 6.07) is 8.05. The van der Waals surface area contributed by atoms with E-state index in [1.54, 1.807) is 4.90 Å². The van der Waals surface area contributed by atoms with Crippen LogP contribution in [0, 0.1) is 12.3 Å². The van der Waals surface area contributed by atoms with Crippen molar-refractivity contribution in [3.63, 3.8) is 0 Å². The van der Waals surface area contributed by atoms with Gasteiger partial charge in [-0.15, -0.1) is 0 Å². The minimum absolute atomic E-state index is 0.0195. The molecule has 1 N–H and O–H groups in total. The molecule has 4 heteroatoms. The van der Waals surface area contributed by atoms with E-state index < -0.39 is 5.41 Å². The fourth-order valence-corrected chi connectivity index (χ4v) is 2.53. The first-order valence-electron chi connectivity index (χ1n) is 7.66. The lowest BCUT2D eigenvalue weighted by atomic mass is 10.0. The monoisotopic (exact) mass is 288 g/mol. The lowest BCUT2D eigenvalue weighted by Gasteiger charge is -2.24. The van der Waals surface area contributed by atoms with Gasteiger partial charge in [-0.05, 0) is 39.2 Å². The van der Waals surface area contributed by atoms with Crippen LogP contribution in [0.15, 0.2) is 24.3 Å². The number of rotatable bonds is 6. The molecule has 1 fully saturated rings. The van der Waals surface area contributed by atoms with Crippen LogP contribution in [0.1, 0.15) is 37.8 Å². The number of hydrogen-bond donors (Lipinski definition) is 1. The number of carbonyl (C=O) groups excluding carboxylic acids is 2. The molecule has 0 atom stereocenters. The molecule has 1 aromatic carbocycles. The van der Waals surface area contributed by atoms with Crippen LogP contribution in [0.2, 0.25) is 0 Å². The van der Waals surface area contributed by atoms with E-state index in [1.165, 1.54) is 5.56 Å². The molecule has 0 saturated heterocycles. The highest BCUT2D eigenvalue weighted by Gasteiger charge is 2.57. The van der Waals surface area contributed by atoms with Gasteiger partial charge in [0.1, 0.15) is 5.41 Å². The molecule has 2 amide bonds. The Morgan fingerprint density at radius 3 is 2.19 bits per heavy atom. The van der Waals surface area contributed by atoms with Crippen LogP contribution >= 0.6 is 0 Å². The van der Waals surface area contributed by atoms with Crippen molar-refractivity contribution in [3.05, 3.63) is 35.4 Å². The standard InChI is InChI=1S/C17H24N2O2/c1-4-19(5-2)16(21)17(10-11-17)15(20)18-12-14-8-6-13(3)7-9-14/h6-9H,4-5,10-12H2,1-3H3,(H,18,20). The lowest BCUT2D eigenvalue weighted by Crippen LogP contribution is -2.45. The minimum atomic E-state index is -0.795. The zero-order valence-electron chi connectivity index (χ0n) is 13.1. The van der Waals surface area contributed by atoms with Crippen molar-refractivity contribution < 1.29 is 9.59 Å². The highest BCUT2D eigenvalue weighted by Crippen LogP contribution is 2.47. The molecule has 114 valence electrons. The van der Waals surface area contributed by atoms with E-state index in [0.717, 1.165) is 5.56 Å². The fourth-order valence-electron chi connectivity index (χ4n) is 2.53. The molecule has 0 radical (unpaired) electrons. The second-order valence-corrected chi connectivity index (χ2v) is 5.73. The Morgan fingerprint density at radius 1 is 1.14 bits per heavy atom. The molecule has 1 aromatic rings. The zero-order valence-corrected chi connectivity index (χ0v) is 13.1. The topological polar surface area (TPSA) is 49.4 Å². The molecule has 1 saturated carbocycles. The van der Waals surface area contributed by atoms with E-state index in [9.17, 15) is 9.59 Å². The predicted molar refractivity (Wildman–Crippen MR) is 82.6 cm³/mol. The van der Waals surface area contributed by atoms with Gasteiger partial charge in [0, 0.05) is 19.6 Å². The van der Waals surface area contributed by atoms with Crippen LogP contribution in [0.4, 0.5) is 0 Å². The van der Waals surface area contributed by atoms with Gasteiger partial charge in [-0.1, -0.05) is 29.8 Å². The average Bonchev–Trinajstić information content (AvgIpc) is 3.29. The number of hydrogen-bond acceptors (Lipinski definition) is 2. The number of nitrogens with one attached hydrogen (secondary N) is 1. The Kier molecular flexibility index (Phi) is 4.66. The van der Waals surface area contributed by atoms with Crippen LogP contribution in [0.25, 0.3) is 0 Å². The third-order valence-corrected chi connectivity index (χ3v) is 4.22. The Balaban J connectivity index is 1.96. The number of benzene rings is 1. The quantitative estimate of drug-likeness (QED) is 0.816. The van der Waals surface area contributed by atoms with Crippen LogP contribution < -0.4 is 5.32 Å². The van der Waals surface area contributed by atoms with Crippen LogP contribution in [0.3, 0.4) is 0 Å². The van der Waals surface area contributed by atoms with E-state index in [0.29, 0.717) is 32.5 Å². The summed E-state index contributed by atoms with van der Waals surface area (Å²) < 4.78 is 0. The second kappa shape index (κ2) is 6.29. The molecule has 0 spiro atoms. The van der Waals surface area contributed by atoms with Crippen molar-refractivity contribution in [3.8, 4) is 0 Å². The van der Waals surface area contributed by atoms with Gasteiger partial charge in [-0.25, -0.2) is 0 Å². The van der Waals surface area contributed by atoms with Crippen LogP contribution in [0.5, 0.6) is 0 Å². The first kappa shape index (κ1) is 15.5. The van der Waals surface area contributed by atoms with Gasteiger partial charge in [0.15, 0.2) is 0 Å². The third-order valence-electron chi connectivity index (χ3n) is 4.22. The van der Waals surface area contributed by atoms with Gasteiger partial charge in [0.2, 0.25) is 11.8 Å². The Morgan fingerprint density at radius 2 is 1.71 bits per heavy atom. The maximum Gasteiger partial charge on any atom is 0.238 e. The maximum atomic E-state index is 12.5. The largest absolute Gasteiger partial charge is 0.351 e. The van der Waals surface area contributed by atoms with Gasteiger partial charge < -0.3 is 10.2 Å². The van der Waals surface area contributed by atoms with E-state index in [-0.39, 0.29) is 11.8 Å². The number of carbonyl (C=O) groups is 2. The van der Waals surface area contributed by atoms with Crippen molar-refractivity contribution in [1.82, 2.24) is 10.2 Å². The molecule has 0 unspecified atom stereocenters. The molecular weight excluding hydrogens is 264 g/mol. The summed E-state index contributed by atoms with van der Waals surface area (Å²) in [4.78, 5) is 26.6. The van der Waals surface area contributed by atoms with Crippen LogP contribution in [-0.2, 0) is 16.1 Å². The van der Waals surface area contributed by atoms with Gasteiger partial charge in [0.05, 0.1) is 0 Å². The second-order valence-electron chi connectivity index (χ2n) is 5.73. The fraction of sp³-hybridized carbons (Fsp3) is 0.529. The van der Waals surface area contributed by atoms with Crippen LogP contribution in [-0.4, -0.2) is 29.8 Å². The van der Waals surface area contributed by atoms with Gasteiger partial charge in [-0.2, -0.15) is 0 Å². The Hall–Kier alpha value is -1.84. The third kappa shape index (κ3) is 3.26. The number of aryl methyl sites for hydroxylation is 1. The summed E-state index contributed by atoms with van der Waals surface area (Å²) in [7, 11) is 0. The molecule has 2 rings (SSSR count). The van der Waals surface area contributed by atoms with Crippen molar-refractivity contribution in [2.45, 2.75) is 40.2 Å². The number of nitrogens with zero attached hydrogens (tertiary/aromatic N) is 1. The first-order chi connectivity index (χ1) is 10.0. The van der Waals surface area contributed by atoms with E-state index in [4.69, 9.17) is 0 Å². The first-order valence-corrected chi connectivity index (χ1v) is 7.66. The summed E-state index contributed by atoms with van der Waals surface area (Å²) in [6.45, 7) is 7.71. The smallest absolute Gasteiger partial charge is 0.238 e. The van der Waals surface area contributed by atoms with Crippen molar-refractivity contribution in [2.24, 2.45) is 5.41 Å². The molecule has 0 bridgehead atoms. The zero-order chi connectivity index (χ0) is 15.5. The summed E-state index contributed by atoms with van der Waals surface area (Å²) >= 11 is 0. The molecule has 0 aliphatic heterocycles. The SMILES string of the molecule is CCN(CC)C(=O)C1(C(=O)NCc2ccc(C)cc2)CC1. The van der Waals surface area contributed by atoms with Gasteiger partial charge in [0.25, 0.3) is 0 Å². The van der Waals surface area contributed by atoms with E-state index in [1.807, 2.05) is 45.0 Å². The minimum Gasteiger partial charge on any atom is -0.351 e. The predicted octanol–water partition coefficient (Wildman–Crippen LogP) is 2.26. The highest BCUT2D eigenvalue weighted by atomic mass is 16.2. The molecule has 21 heavy (non-hydrogen) atoms. The van der Waals surface area contributed by atoms with Gasteiger partial charge >= 0.3 is 0 Å². The molecular formula is C17H24N2O2. The summed E-state index contributed by atoms with van der Waals surface area (Å²) in [6.07, 6.45) is 1.34. The molecule has 1 aliphatic carbocycles. The van der Waals surface area contributed by atoms with Crippen molar-refractivity contribution in [2.75, 3.05) is 13.1 Å². The Bertz CT molecular complexity index is 514. The molecule has 4 nitrogen and oxygen atoms in total. The number of amides is 2. The molecule has 0 aromatic heterocycles. The molecule has 0 heterocycles. The lowest BCUT2D eigenvalue weighted by molar-refractivity contribution is -0.144. The molecule has 1 aliphatic rings. The summed E-state index contributed by atoms with van der Waals surface area (Å²) in [5.41, 5.74) is 1.46. The van der Waals surface area contributed by atoms with E-state index in [2.05, 4.69) is 5.32 Å². The average molecular weight is 288 g/mol.